The molecule has 1 amide bonds. The highest BCUT2D eigenvalue weighted by atomic mass is 16.1. The maximum Gasteiger partial charge on any atom is 0.219 e. The Morgan fingerprint density at radius 3 is 2.25 bits per heavy atom. The molecule has 0 aliphatic carbocycles. The predicted molar refractivity (Wildman–Crippen MR) is 66.3 cm³/mol. The number of carbonyl (C=O) groups is 2. The van der Waals surface area contributed by atoms with Crippen LogP contribution in [0.2, 0.25) is 0 Å². The Kier molecular flexibility index (Phi) is 10.1. The van der Waals surface area contributed by atoms with E-state index in [1.165, 1.54) is 0 Å². The van der Waals surface area contributed by atoms with Crippen molar-refractivity contribution in [3.63, 3.8) is 0 Å². The van der Waals surface area contributed by atoms with Crippen LogP contribution in [0, 0.1) is 0 Å². The Morgan fingerprint density at radius 2 is 1.62 bits per heavy atom. The van der Waals surface area contributed by atoms with Gasteiger partial charge in [0.2, 0.25) is 5.91 Å². The van der Waals surface area contributed by atoms with Crippen LogP contribution >= 0.6 is 0 Å². The maximum atomic E-state index is 11.1. The van der Waals surface area contributed by atoms with E-state index in [0.29, 0.717) is 18.6 Å². The fourth-order valence-corrected chi connectivity index (χ4v) is 1.52. The lowest BCUT2D eigenvalue weighted by Gasteiger charge is -2.03. The third-order valence-corrected chi connectivity index (χ3v) is 2.58. The first kappa shape index (κ1) is 15.1. The van der Waals surface area contributed by atoms with Gasteiger partial charge in [0.1, 0.15) is 5.78 Å². The lowest BCUT2D eigenvalue weighted by molar-refractivity contribution is -0.121. The van der Waals surface area contributed by atoms with Gasteiger partial charge in [0.25, 0.3) is 0 Å². The summed E-state index contributed by atoms with van der Waals surface area (Å²) in [7, 11) is 0. The molecule has 3 heteroatoms. The molecule has 0 fully saturated rings. The van der Waals surface area contributed by atoms with Crippen LogP contribution in [-0.4, -0.2) is 18.2 Å². The summed E-state index contributed by atoms with van der Waals surface area (Å²) < 4.78 is 0. The van der Waals surface area contributed by atoms with Gasteiger partial charge in [-0.05, 0) is 19.3 Å². The third kappa shape index (κ3) is 9.69. The summed E-state index contributed by atoms with van der Waals surface area (Å²) in [5.74, 6) is 0.514. The Bertz CT molecular complexity index is 202. The van der Waals surface area contributed by atoms with Gasteiger partial charge >= 0.3 is 0 Å². The standard InChI is InChI=1S/C13H25NO2/c1-3-9-13(16)14-11-8-6-5-7-10-12(15)4-2/h3-11H2,1-2H3,(H,14,16). The van der Waals surface area contributed by atoms with Crippen LogP contribution in [0.4, 0.5) is 0 Å². The molecule has 0 bridgehead atoms. The lowest BCUT2D eigenvalue weighted by atomic mass is 10.1. The van der Waals surface area contributed by atoms with Gasteiger partial charge in [-0.1, -0.05) is 26.7 Å². The number of hydrogen-bond donors (Lipinski definition) is 1. The molecule has 0 aromatic carbocycles. The minimum absolute atomic E-state index is 0.156. The predicted octanol–water partition coefficient (Wildman–Crippen LogP) is 2.83. The average molecular weight is 227 g/mol. The van der Waals surface area contributed by atoms with E-state index in [0.717, 1.165) is 45.1 Å². The van der Waals surface area contributed by atoms with Crippen molar-refractivity contribution in [1.29, 1.82) is 0 Å². The number of amides is 1. The van der Waals surface area contributed by atoms with Crippen LogP contribution in [-0.2, 0) is 9.59 Å². The molecule has 94 valence electrons. The largest absolute Gasteiger partial charge is 0.356 e. The lowest BCUT2D eigenvalue weighted by Crippen LogP contribution is -2.23. The van der Waals surface area contributed by atoms with Crippen LogP contribution in [0.3, 0.4) is 0 Å². The second-order valence-electron chi connectivity index (χ2n) is 4.16. The zero-order valence-electron chi connectivity index (χ0n) is 10.7. The normalized spacial score (nSPS) is 10.1. The van der Waals surface area contributed by atoms with E-state index in [1.807, 2.05) is 13.8 Å². The van der Waals surface area contributed by atoms with E-state index < -0.39 is 0 Å². The van der Waals surface area contributed by atoms with E-state index >= 15 is 0 Å². The SMILES string of the molecule is CCCC(=O)NCCCCCCC(=O)CC. The van der Waals surface area contributed by atoms with E-state index in [-0.39, 0.29) is 5.91 Å². The summed E-state index contributed by atoms with van der Waals surface area (Å²) in [6.45, 7) is 4.69. The molecule has 0 heterocycles. The average Bonchev–Trinajstić information content (AvgIpc) is 2.27. The molecule has 0 radical (unpaired) electrons. The zero-order chi connectivity index (χ0) is 12.2. The smallest absolute Gasteiger partial charge is 0.219 e. The maximum absolute atomic E-state index is 11.1. The van der Waals surface area contributed by atoms with E-state index in [4.69, 9.17) is 0 Å². The molecule has 0 saturated carbocycles. The van der Waals surface area contributed by atoms with Gasteiger partial charge in [0.15, 0.2) is 0 Å². The molecule has 1 N–H and O–H groups in total. The number of ketones is 1. The van der Waals surface area contributed by atoms with Crippen LogP contribution in [0.1, 0.15) is 65.2 Å². The number of carbonyl (C=O) groups excluding carboxylic acids is 2. The fourth-order valence-electron chi connectivity index (χ4n) is 1.52. The molecular weight excluding hydrogens is 202 g/mol. The molecule has 0 aromatic heterocycles. The van der Waals surface area contributed by atoms with E-state index in [1.54, 1.807) is 0 Å². The van der Waals surface area contributed by atoms with Crippen molar-refractivity contribution in [2.24, 2.45) is 0 Å². The first-order valence-electron chi connectivity index (χ1n) is 6.49. The van der Waals surface area contributed by atoms with Crippen molar-refractivity contribution in [2.75, 3.05) is 6.54 Å². The third-order valence-electron chi connectivity index (χ3n) is 2.58. The molecule has 16 heavy (non-hydrogen) atoms. The Hall–Kier alpha value is -0.860. The highest BCUT2D eigenvalue weighted by Gasteiger charge is 1.99. The number of Topliss-reactive ketones (excluding diaryl/α,β-unsaturated/α-hetero) is 1. The van der Waals surface area contributed by atoms with Crippen LogP contribution < -0.4 is 5.32 Å². The highest BCUT2D eigenvalue weighted by molar-refractivity contribution is 5.77. The van der Waals surface area contributed by atoms with Gasteiger partial charge in [0.05, 0.1) is 0 Å². The van der Waals surface area contributed by atoms with E-state index in [9.17, 15) is 9.59 Å². The quantitative estimate of drug-likeness (QED) is 0.583. The molecule has 0 rings (SSSR count). The molecule has 0 aliphatic rings. The van der Waals surface area contributed by atoms with Crippen LogP contribution in [0.25, 0.3) is 0 Å². The van der Waals surface area contributed by atoms with E-state index in [2.05, 4.69) is 5.32 Å². The molecule has 0 unspecified atom stereocenters. The Labute approximate surface area is 99.0 Å². The van der Waals surface area contributed by atoms with Crippen molar-refractivity contribution in [3.8, 4) is 0 Å². The van der Waals surface area contributed by atoms with Gasteiger partial charge in [-0.15, -0.1) is 0 Å². The van der Waals surface area contributed by atoms with Crippen molar-refractivity contribution in [1.82, 2.24) is 5.32 Å². The minimum Gasteiger partial charge on any atom is -0.356 e. The number of unbranched alkanes of at least 4 members (excludes halogenated alkanes) is 3. The second kappa shape index (κ2) is 10.7. The number of nitrogens with one attached hydrogen (secondary N) is 1. The molecule has 0 aromatic rings. The molecule has 0 spiro atoms. The zero-order valence-corrected chi connectivity index (χ0v) is 10.7. The topological polar surface area (TPSA) is 46.2 Å². The summed E-state index contributed by atoms with van der Waals surface area (Å²) >= 11 is 0. The summed E-state index contributed by atoms with van der Waals surface area (Å²) in [6, 6.07) is 0. The van der Waals surface area contributed by atoms with Crippen molar-refractivity contribution >= 4 is 11.7 Å². The molecular formula is C13H25NO2. The first-order chi connectivity index (χ1) is 7.70. The molecule has 0 aliphatic heterocycles. The Morgan fingerprint density at radius 1 is 0.938 bits per heavy atom. The van der Waals surface area contributed by atoms with Crippen LogP contribution in [0.15, 0.2) is 0 Å². The van der Waals surface area contributed by atoms with Gasteiger partial charge in [-0.25, -0.2) is 0 Å². The summed E-state index contributed by atoms with van der Waals surface area (Å²) in [5.41, 5.74) is 0. The first-order valence-corrected chi connectivity index (χ1v) is 6.49. The summed E-state index contributed by atoms with van der Waals surface area (Å²) in [5, 5.41) is 2.89. The fraction of sp³-hybridized carbons (Fsp3) is 0.846. The minimum atomic E-state index is 0.156. The van der Waals surface area contributed by atoms with Gasteiger partial charge in [-0.2, -0.15) is 0 Å². The number of rotatable bonds is 10. The van der Waals surface area contributed by atoms with Gasteiger partial charge < -0.3 is 5.32 Å². The number of hydrogen-bond acceptors (Lipinski definition) is 2. The van der Waals surface area contributed by atoms with Crippen molar-refractivity contribution in [2.45, 2.75) is 65.2 Å². The second-order valence-corrected chi connectivity index (χ2v) is 4.16. The Balaban J connectivity index is 3.15. The van der Waals surface area contributed by atoms with Gasteiger partial charge in [0, 0.05) is 25.8 Å². The van der Waals surface area contributed by atoms with Crippen LogP contribution in [0.5, 0.6) is 0 Å². The van der Waals surface area contributed by atoms with Crippen molar-refractivity contribution in [3.05, 3.63) is 0 Å². The molecule has 0 atom stereocenters. The molecule has 0 saturated heterocycles. The monoisotopic (exact) mass is 227 g/mol. The summed E-state index contributed by atoms with van der Waals surface area (Å²) in [6.07, 6.45) is 7.13. The van der Waals surface area contributed by atoms with Crippen molar-refractivity contribution < 1.29 is 9.59 Å². The highest BCUT2D eigenvalue weighted by Crippen LogP contribution is 2.04. The summed E-state index contributed by atoms with van der Waals surface area (Å²) in [4.78, 5) is 22.1. The molecule has 3 nitrogen and oxygen atoms in total. The van der Waals surface area contributed by atoms with Gasteiger partial charge in [-0.3, -0.25) is 9.59 Å².